The number of rotatable bonds is 7. The summed E-state index contributed by atoms with van der Waals surface area (Å²) in [6.45, 7) is 1.89. The van der Waals surface area contributed by atoms with Gasteiger partial charge in [0.1, 0.15) is 0 Å². The van der Waals surface area contributed by atoms with E-state index >= 15 is 0 Å². The van der Waals surface area contributed by atoms with Crippen LogP contribution in [0.2, 0.25) is 0 Å². The maximum atomic E-state index is 11.7. The van der Waals surface area contributed by atoms with Crippen molar-refractivity contribution in [2.24, 2.45) is 0 Å². The predicted molar refractivity (Wildman–Crippen MR) is 142 cm³/mol. The summed E-state index contributed by atoms with van der Waals surface area (Å²) >= 11 is 1.70. The normalized spacial score (nSPS) is 13.2. The molecule has 8 heteroatoms. The molecule has 0 aromatic heterocycles. The zero-order valence-electron chi connectivity index (χ0n) is 20.2. The van der Waals surface area contributed by atoms with Crippen LogP contribution in [0, 0.1) is 0 Å². The van der Waals surface area contributed by atoms with Gasteiger partial charge in [0, 0.05) is 33.0 Å². The van der Waals surface area contributed by atoms with Crippen LogP contribution >= 0.6 is 11.8 Å². The first-order valence-corrected chi connectivity index (χ1v) is 13.7. The van der Waals surface area contributed by atoms with E-state index in [0.717, 1.165) is 38.2 Å². The third-order valence-electron chi connectivity index (χ3n) is 6.15. The Morgan fingerprint density at radius 3 is 1.97 bits per heavy atom. The fourth-order valence-electron chi connectivity index (χ4n) is 4.32. The summed E-state index contributed by atoms with van der Waals surface area (Å²) in [6.07, 6.45) is 0.231. The summed E-state index contributed by atoms with van der Waals surface area (Å²) in [7, 11) is -4.36. The Labute approximate surface area is 239 Å². The minimum Gasteiger partial charge on any atom is -0.748 e. The molecular weight excluding hydrogens is 499 g/mol. The molecule has 36 heavy (non-hydrogen) atoms. The molecule has 0 aliphatic carbocycles. The van der Waals surface area contributed by atoms with Crippen LogP contribution in [0.4, 0.5) is 28.4 Å². The third kappa shape index (κ3) is 5.52. The van der Waals surface area contributed by atoms with Crippen LogP contribution in [0.5, 0.6) is 0 Å². The number of anilines is 5. The van der Waals surface area contributed by atoms with Gasteiger partial charge in [-0.3, -0.25) is 0 Å². The molecule has 5 nitrogen and oxygen atoms in total. The fourth-order valence-corrected chi connectivity index (χ4v) is 5.84. The fraction of sp³-hybridized carbons (Fsp3) is 0.143. The third-order valence-corrected chi connectivity index (χ3v) is 8.48. The average molecular weight is 525 g/mol. The van der Waals surface area contributed by atoms with Crippen molar-refractivity contribution in [1.82, 2.24) is 0 Å². The van der Waals surface area contributed by atoms with Crippen LogP contribution in [-0.2, 0) is 10.1 Å². The van der Waals surface area contributed by atoms with Crippen LogP contribution in [0.1, 0.15) is 13.3 Å². The number of fused-ring (bicyclic) bond motifs is 2. The minimum atomic E-state index is -4.36. The molecule has 5 rings (SSSR count). The molecule has 0 fully saturated rings. The van der Waals surface area contributed by atoms with Crippen molar-refractivity contribution in [1.29, 1.82) is 0 Å². The van der Waals surface area contributed by atoms with Crippen molar-refractivity contribution in [2.75, 3.05) is 16.3 Å². The number of hydrogen-bond donors (Lipinski definition) is 0. The Morgan fingerprint density at radius 1 is 0.806 bits per heavy atom. The summed E-state index contributed by atoms with van der Waals surface area (Å²) in [5.74, 6) is 0. The molecule has 1 heterocycles. The van der Waals surface area contributed by atoms with Gasteiger partial charge in [0.25, 0.3) is 0 Å². The van der Waals surface area contributed by atoms with Crippen LogP contribution in [0.3, 0.4) is 0 Å². The van der Waals surface area contributed by atoms with Gasteiger partial charge >= 0.3 is 29.6 Å². The summed E-state index contributed by atoms with van der Waals surface area (Å²) in [5, 5.41) is -0.973. The predicted octanol–water partition coefficient (Wildman–Crippen LogP) is 4.09. The molecule has 0 bridgehead atoms. The van der Waals surface area contributed by atoms with Crippen molar-refractivity contribution in [3.05, 3.63) is 103 Å². The van der Waals surface area contributed by atoms with Gasteiger partial charge in [-0.1, -0.05) is 66.4 Å². The number of nitrogens with zero attached hydrogens (tertiary/aromatic N) is 2. The van der Waals surface area contributed by atoms with Gasteiger partial charge in [-0.25, -0.2) is 8.42 Å². The van der Waals surface area contributed by atoms with Crippen molar-refractivity contribution in [3.63, 3.8) is 0 Å². The molecule has 1 aliphatic heterocycles. The molecule has 4 aromatic carbocycles. The topological polar surface area (TPSA) is 63.7 Å². The van der Waals surface area contributed by atoms with E-state index in [1.54, 1.807) is 11.8 Å². The van der Waals surface area contributed by atoms with E-state index in [1.165, 1.54) is 6.92 Å². The van der Waals surface area contributed by atoms with E-state index in [0.29, 0.717) is 6.54 Å². The first-order valence-electron chi connectivity index (χ1n) is 11.5. The summed E-state index contributed by atoms with van der Waals surface area (Å²) in [6, 6.07) is 34.7. The molecule has 1 unspecified atom stereocenters. The molecule has 4 aromatic rings. The van der Waals surface area contributed by atoms with E-state index in [4.69, 9.17) is 0 Å². The van der Waals surface area contributed by atoms with Crippen LogP contribution in [-0.4, -0.2) is 24.8 Å². The first-order chi connectivity index (χ1) is 16.9. The van der Waals surface area contributed by atoms with Crippen molar-refractivity contribution in [2.45, 2.75) is 28.4 Å². The SMILES string of the molecule is CC(CCN1c2ccccc2Sc2cccc(N(c3ccccc3)c3ccccc3)c21)S(=O)(=O)[O-].[Na+]. The quantitative estimate of drug-likeness (QED) is 0.268. The molecule has 1 aliphatic rings. The maximum absolute atomic E-state index is 11.7. The average Bonchev–Trinajstić information content (AvgIpc) is 2.87. The Bertz CT molecular complexity index is 1390. The van der Waals surface area contributed by atoms with Crippen LogP contribution in [0.25, 0.3) is 0 Å². The largest absolute Gasteiger partial charge is 1.00 e. The van der Waals surface area contributed by atoms with Gasteiger partial charge in [-0.05, 0) is 61.9 Å². The molecular formula is C28H25N2NaO3S2. The summed E-state index contributed by atoms with van der Waals surface area (Å²) in [5.41, 5.74) is 5.03. The van der Waals surface area contributed by atoms with Gasteiger partial charge in [-0.15, -0.1) is 0 Å². The van der Waals surface area contributed by atoms with Crippen molar-refractivity contribution >= 4 is 50.3 Å². The van der Waals surface area contributed by atoms with Crippen LogP contribution in [0.15, 0.2) is 113 Å². The van der Waals surface area contributed by atoms with E-state index in [-0.39, 0.29) is 36.0 Å². The van der Waals surface area contributed by atoms with Gasteiger partial charge in [0.15, 0.2) is 0 Å². The first kappa shape index (κ1) is 26.8. The molecule has 0 radical (unpaired) electrons. The Hall–Kier alpha value is -2.26. The van der Waals surface area contributed by atoms with E-state index < -0.39 is 15.4 Å². The van der Waals surface area contributed by atoms with Gasteiger partial charge in [0.2, 0.25) is 0 Å². The molecule has 0 saturated carbocycles. The monoisotopic (exact) mass is 524 g/mol. The maximum Gasteiger partial charge on any atom is 1.00 e. The molecule has 0 saturated heterocycles. The smallest absolute Gasteiger partial charge is 0.748 e. The number of benzene rings is 4. The zero-order valence-corrected chi connectivity index (χ0v) is 23.9. The number of hydrogen-bond acceptors (Lipinski definition) is 6. The van der Waals surface area contributed by atoms with Crippen molar-refractivity contribution < 1.29 is 42.5 Å². The Balaban J connectivity index is 0.00000304. The molecule has 178 valence electrons. The molecule has 0 amide bonds. The zero-order chi connectivity index (χ0) is 24.4. The Morgan fingerprint density at radius 2 is 1.36 bits per heavy atom. The second kappa shape index (κ2) is 11.4. The van der Waals surface area contributed by atoms with Crippen molar-refractivity contribution in [3.8, 4) is 0 Å². The second-order valence-electron chi connectivity index (χ2n) is 8.44. The van der Waals surface area contributed by atoms with E-state index in [2.05, 4.69) is 58.3 Å². The molecule has 1 atom stereocenters. The van der Waals surface area contributed by atoms with Gasteiger partial charge in [0.05, 0.1) is 27.2 Å². The molecule has 0 spiro atoms. The second-order valence-corrected chi connectivity index (χ2v) is 11.3. The van der Waals surface area contributed by atoms with Crippen LogP contribution < -0.4 is 39.4 Å². The van der Waals surface area contributed by atoms with Gasteiger partial charge in [-0.2, -0.15) is 0 Å². The van der Waals surface area contributed by atoms with Gasteiger partial charge < -0.3 is 14.4 Å². The summed E-state index contributed by atoms with van der Waals surface area (Å²) in [4.78, 5) is 6.56. The summed E-state index contributed by atoms with van der Waals surface area (Å²) < 4.78 is 35.0. The standard InChI is InChI=1S/C28H26N2O3S2.Na/c1-21(35(31,32)33)19-20-29-24-15-8-9-17-26(24)34-27-18-10-16-25(28(27)29)30(22-11-4-2-5-12-22)23-13-6-3-7-14-23;/h2-18,21H,19-20H2,1H3,(H,31,32,33);/q;+1/p-1. The van der Waals surface area contributed by atoms with E-state index in [1.807, 2.05) is 54.6 Å². The molecule has 0 N–H and O–H groups in total. The Kier molecular flexibility index (Phi) is 8.50. The van der Waals surface area contributed by atoms with E-state index in [9.17, 15) is 13.0 Å². The minimum absolute atomic E-state index is 0. The number of para-hydroxylation sites is 4.